The minimum atomic E-state index is -0.994. The van der Waals surface area contributed by atoms with E-state index >= 15 is 0 Å². The van der Waals surface area contributed by atoms with Gasteiger partial charge in [0.1, 0.15) is 10.2 Å². The lowest BCUT2D eigenvalue weighted by Crippen LogP contribution is -2.37. The zero-order valence-corrected chi connectivity index (χ0v) is 20.6. The van der Waals surface area contributed by atoms with Crippen LogP contribution in [-0.4, -0.2) is 29.8 Å². The second kappa shape index (κ2) is 11.5. The number of nitrogens with zero attached hydrogens (tertiary/aromatic N) is 1. The number of allylic oxidation sites excluding steroid dienone is 1. The first-order valence-corrected chi connectivity index (χ1v) is 11.5. The third-order valence-corrected chi connectivity index (χ3v) is 6.19. The van der Waals surface area contributed by atoms with Crippen molar-refractivity contribution in [3.8, 4) is 0 Å². The van der Waals surface area contributed by atoms with Crippen molar-refractivity contribution in [1.82, 2.24) is 10.3 Å². The van der Waals surface area contributed by atoms with Crippen LogP contribution in [0.5, 0.6) is 0 Å². The maximum absolute atomic E-state index is 14.8. The minimum Gasteiger partial charge on any atom is -0.466 e. The molecule has 2 aromatic rings. The molecule has 2 rings (SSSR count). The molecule has 0 radical (unpaired) electrons. The minimum absolute atomic E-state index is 0.0952. The lowest BCUT2D eigenvalue weighted by atomic mass is 9.86. The van der Waals surface area contributed by atoms with Crippen molar-refractivity contribution in [2.75, 3.05) is 7.11 Å². The van der Waals surface area contributed by atoms with Gasteiger partial charge in [-0.25, -0.2) is 23.4 Å². The molecule has 0 spiro atoms. The monoisotopic (exact) mass is 530 g/mol. The average molecular weight is 531 g/mol. The number of ether oxygens (including phenoxy) is 2. The number of halogens is 3. The Bertz CT molecular complexity index is 975. The van der Waals surface area contributed by atoms with Gasteiger partial charge in [0, 0.05) is 12.0 Å². The fraction of sp³-hybridized carbons (Fsp3) is 0.409. The molecule has 174 valence electrons. The van der Waals surface area contributed by atoms with E-state index in [2.05, 4.69) is 31.0 Å². The van der Waals surface area contributed by atoms with Gasteiger partial charge in [0.25, 0.3) is 0 Å². The molecule has 6 nitrogen and oxygen atoms in total. The van der Waals surface area contributed by atoms with E-state index in [1.54, 1.807) is 32.4 Å². The highest BCUT2D eigenvalue weighted by molar-refractivity contribution is 9.10. The zero-order chi connectivity index (χ0) is 23.9. The van der Waals surface area contributed by atoms with Crippen molar-refractivity contribution >= 4 is 39.3 Å². The fourth-order valence-corrected chi connectivity index (χ4v) is 4.61. The van der Waals surface area contributed by atoms with Gasteiger partial charge in [0.15, 0.2) is 11.6 Å². The van der Waals surface area contributed by atoms with Crippen LogP contribution in [0, 0.1) is 11.6 Å². The van der Waals surface area contributed by atoms with Gasteiger partial charge in [0.05, 0.1) is 23.5 Å². The highest BCUT2D eigenvalue weighted by atomic mass is 79.9. The van der Waals surface area contributed by atoms with E-state index in [1.165, 1.54) is 36.7 Å². The maximum atomic E-state index is 14.8. The Balaban J connectivity index is 2.46. The van der Waals surface area contributed by atoms with Gasteiger partial charge in [0.2, 0.25) is 0 Å². The number of carbonyl (C=O) groups excluding carboxylic acids is 2. The Morgan fingerprint density at radius 1 is 1.31 bits per heavy atom. The number of aromatic nitrogens is 1. The second-order valence-electron chi connectivity index (χ2n) is 7.88. The molecule has 1 amide bonds. The summed E-state index contributed by atoms with van der Waals surface area (Å²) in [7, 11) is 1.26. The standard InChI is InChI=1S/C22H25BrF2N2O4S/c1-22(2,3)31-21(29)27-18(19-20(23)26-12-32-19)14(8-5-6-11-16(28)30-4)13-9-7-10-15(24)17(13)25/h6-7,9-12,14,18H,5,8H2,1-4H3,(H,27,29). The van der Waals surface area contributed by atoms with Crippen LogP contribution in [0.3, 0.4) is 0 Å². The Morgan fingerprint density at radius 3 is 2.62 bits per heavy atom. The summed E-state index contributed by atoms with van der Waals surface area (Å²) in [6, 6.07) is 3.16. The van der Waals surface area contributed by atoms with E-state index in [0.717, 1.165) is 6.07 Å². The molecule has 0 fully saturated rings. The van der Waals surface area contributed by atoms with Crippen LogP contribution in [-0.2, 0) is 14.3 Å². The van der Waals surface area contributed by atoms with Crippen LogP contribution in [0.4, 0.5) is 13.6 Å². The Morgan fingerprint density at radius 2 is 2.03 bits per heavy atom. The van der Waals surface area contributed by atoms with Gasteiger partial charge >= 0.3 is 12.1 Å². The molecule has 0 saturated heterocycles. The van der Waals surface area contributed by atoms with E-state index in [1.807, 2.05) is 0 Å². The van der Waals surface area contributed by atoms with Crippen LogP contribution >= 0.6 is 27.3 Å². The summed E-state index contributed by atoms with van der Waals surface area (Å²) in [4.78, 5) is 28.8. The number of rotatable bonds is 8. The number of amides is 1. The molecule has 10 heteroatoms. The van der Waals surface area contributed by atoms with Gasteiger partial charge in [-0.15, -0.1) is 11.3 Å². The molecule has 1 N–H and O–H groups in total. The van der Waals surface area contributed by atoms with Crippen LogP contribution in [0.2, 0.25) is 0 Å². The SMILES string of the molecule is COC(=O)C=CCCC(c1cccc(F)c1F)C(NC(=O)OC(C)(C)C)c1scnc1Br. The normalized spacial score (nSPS) is 13.6. The van der Waals surface area contributed by atoms with Crippen molar-refractivity contribution in [3.63, 3.8) is 0 Å². The molecule has 1 aromatic heterocycles. The van der Waals surface area contributed by atoms with E-state index < -0.39 is 41.3 Å². The number of methoxy groups -OCH3 is 1. The predicted octanol–water partition coefficient (Wildman–Crippen LogP) is 6.04. The van der Waals surface area contributed by atoms with Crippen LogP contribution < -0.4 is 5.32 Å². The quantitative estimate of drug-likeness (QED) is 0.332. The third-order valence-electron chi connectivity index (χ3n) is 4.39. The van der Waals surface area contributed by atoms with Gasteiger partial charge < -0.3 is 14.8 Å². The molecule has 0 saturated carbocycles. The van der Waals surface area contributed by atoms with Crippen molar-refractivity contribution in [3.05, 3.63) is 62.5 Å². The topological polar surface area (TPSA) is 77.5 Å². The molecule has 32 heavy (non-hydrogen) atoms. The molecule has 0 aliphatic rings. The average Bonchev–Trinajstić information content (AvgIpc) is 3.13. The third kappa shape index (κ3) is 7.37. The fourth-order valence-electron chi connectivity index (χ4n) is 3.06. The summed E-state index contributed by atoms with van der Waals surface area (Å²) in [5.41, 5.74) is 0.930. The molecular formula is C22H25BrF2N2O4S. The maximum Gasteiger partial charge on any atom is 0.408 e. The van der Waals surface area contributed by atoms with Crippen LogP contribution in [0.15, 0.2) is 40.5 Å². The van der Waals surface area contributed by atoms with Crippen molar-refractivity contribution < 1.29 is 27.8 Å². The smallest absolute Gasteiger partial charge is 0.408 e. The summed E-state index contributed by atoms with van der Waals surface area (Å²) < 4.78 is 39.3. The summed E-state index contributed by atoms with van der Waals surface area (Å²) in [5.74, 6) is -3.19. The molecular weight excluding hydrogens is 506 g/mol. The number of hydrogen-bond donors (Lipinski definition) is 1. The highest BCUT2D eigenvalue weighted by Gasteiger charge is 2.33. The first kappa shape index (κ1) is 25.9. The molecule has 0 aliphatic heterocycles. The van der Waals surface area contributed by atoms with E-state index in [0.29, 0.717) is 22.3 Å². The summed E-state index contributed by atoms with van der Waals surface area (Å²) in [5, 5.41) is 2.80. The largest absolute Gasteiger partial charge is 0.466 e. The van der Waals surface area contributed by atoms with E-state index in [4.69, 9.17) is 4.74 Å². The number of hydrogen-bond acceptors (Lipinski definition) is 6. The molecule has 2 unspecified atom stereocenters. The zero-order valence-electron chi connectivity index (χ0n) is 18.2. The second-order valence-corrected chi connectivity index (χ2v) is 9.52. The molecule has 1 aromatic carbocycles. The van der Waals surface area contributed by atoms with Gasteiger partial charge in [-0.2, -0.15) is 0 Å². The van der Waals surface area contributed by atoms with Gasteiger partial charge in [-0.05, 0) is 61.2 Å². The molecule has 0 aliphatic carbocycles. The Hall–Kier alpha value is -2.33. The Labute approximate surface area is 198 Å². The van der Waals surface area contributed by atoms with Crippen molar-refractivity contribution in [2.24, 2.45) is 0 Å². The number of esters is 1. The summed E-state index contributed by atoms with van der Waals surface area (Å²) >= 11 is 4.63. The number of thiazole rings is 1. The van der Waals surface area contributed by atoms with Crippen LogP contribution in [0.25, 0.3) is 0 Å². The number of alkyl carbamates (subject to hydrolysis) is 1. The van der Waals surface area contributed by atoms with Crippen molar-refractivity contribution in [1.29, 1.82) is 0 Å². The summed E-state index contributed by atoms with van der Waals surface area (Å²) in [6.45, 7) is 5.18. The van der Waals surface area contributed by atoms with E-state index in [9.17, 15) is 18.4 Å². The lowest BCUT2D eigenvalue weighted by molar-refractivity contribution is -0.134. The van der Waals surface area contributed by atoms with Gasteiger partial charge in [-0.1, -0.05) is 18.2 Å². The first-order valence-electron chi connectivity index (χ1n) is 9.80. The lowest BCUT2D eigenvalue weighted by Gasteiger charge is -2.29. The summed E-state index contributed by atoms with van der Waals surface area (Å²) in [6.07, 6.45) is 2.78. The number of carbonyl (C=O) groups is 2. The highest BCUT2D eigenvalue weighted by Crippen LogP contribution is 2.41. The molecule has 0 bridgehead atoms. The predicted molar refractivity (Wildman–Crippen MR) is 121 cm³/mol. The van der Waals surface area contributed by atoms with Crippen molar-refractivity contribution in [2.45, 2.75) is 51.2 Å². The molecule has 2 atom stereocenters. The molecule has 1 heterocycles. The van der Waals surface area contributed by atoms with Gasteiger partial charge in [-0.3, -0.25) is 0 Å². The van der Waals surface area contributed by atoms with Crippen LogP contribution in [0.1, 0.15) is 56.0 Å². The Kier molecular flexibility index (Phi) is 9.33. The van der Waals surface area contributed by atoms with E-state index in [-0.39, 0.29) is 5.56 Å². The first-order chi connectivity index (χ1) is 15.0. The number of nitrogens with one attached hydrogen (secondary N) is 1. The number of benzene rings is 1.